The Morgan fingerprint density at radius 2 is 2.18 bits per heavy atom. The normalized spacial score (nSPS) is 22.1. The molecular weight excluding hydrogens is 294 g/mol. The van der Waals surface area contributed by atoms with E-state index in [0.29, 0.717) is 6.54 Å². The molecule has 2 aromatic rings. The zero-order valence-corrected chi connectivity index (χ0v) is 13.8. The number of likely N-dealkylation sites (tertiary alicyclic amines) is 1. The summed E-state index contributed by atoms with van der Waals surface area (Å²) in [6.07, 6.45) is 0.752. The highest BCUT2D eigenvalue weighted by atomic mass is 32.1. The smallest absolute Gasteiger partial charge is 0.169 e. The highest BCUT2D eigenvalue weighted by Crippen LogP contribution is 2.34. The predicted octanol–water partition coefficient (Wildman–Crippen LogP) is 3.35. The predicted molar refractivity (Wildman–Crippen MR) is 89.3 cm³/mol. The number of hydrogen-bond acceptors (Lipinski definition) is 4. The standard InChI is InChI=1S/C18H21NO2S/c1-13-5-3-4-6-16(13)18(21)7-8-19(12-18)10-15-9-17(14(2)20)22-11-15/h3-6,9,11,21H,7-8,10,12H2,1-2H3/t18-/m1/s1. The molecule has 2 heterocycles. The van der Waals surface area contributed by atoms with E-state index in [0.717, 1.165) is 41.1 Å². The summed E-state index contributed by atoms with van der Waals surface area (Å²) in [7, 11) is 0. The lowest BCUT2D eigenvalue weighted by Gasteiger charge is -2.25. The maximum Gasteiger partial charge on any atom is 0.169 e. The minimum absolute atomic E-state index is 0.120. The second kappa shape index (κ2) is 5.95. The molecule has 0 unspecified atom stereocenters. The second-order valence-corrected chi connectivity index (χ2v) is 7.09. The van der Waals surface area contributed by atoms with E-state index in [1.165, 1.54) is 11.3 Å². The molecule has 0 saturated carbocycles. The molecule has 3 nitrogen and oxygen atoms in total. The molecule has 0 bridgehead atoms. The Labute approximate surface area is 135 Å². The van der Waals surface area contributed by atoms with Crippen LogP contribution in [0.2, 0.25) is 0 Å². The van der Waals surface area contributed by atoms with Gasteiger partial charge in [0.15, 0.2) is 5.78 Å². The summed E-state index contributed by atoms with van der Waals surface area (Å²) in [5.74, 6) is 0.120. The molecule has 1 atom stereocenters. The SMILES string of the molecule is CC(=O)c1cc(CN2CC[C@](O)(c3ccccc3C)C2)cs1. The van der Waals surface area contributed by atoms with E-state index in [1.807, 2.05) is 42.6 Å². The first-order chi connectivity index (χ1) is 10.5. The second-order valence-electron chi connectivity index (χ2n) is 6.18. The quantitative estimate of drug-likeness (QED) is 0.880. The van der Waals surface area contributed by atoms with Gasteiger partial charge in [-0.15, -0.1) is 11.3 Å². The molecule has 1 aliphatic rings. The number of carbonyl (C=O) groups is 1. The van der Waals surface area contributed by atoms with Gasteiger partial charge in [-0.3, -0.25) is 9.69 Å². The van der Waals surface area contributed by atoms with Crippen LogP contribution >= 0.6 is 11.3 Å². The minimum atomic E-state index is -0.759. The lowest BCUT2D eigenvalue weighted by molar-refractivity contribution is 0.0447. The van der Waals surface area contributed by atoms with Gasteiger partial charge in [0, 0.05) is 19.6 Å². The van der Waals surface area contributed by atoms with Gasteiger partial charge in [0.2, 0.25) is 0 Å². The Bertz CT molecular complexity index is 694. The van der Waals surface area contributed by atoms with Crippen LogP contribution in [0.15, 0.2) is 35.7 Å². The summed E-state index contributed by atoms with van der Waals surface area (Å²) >= 11 is 1.50. The number of β-amino-alcohol motifs (C(OH)–C–C–N with tert-alkyl or cyclic N) is 1. The third-order valence-electron chi connectivity index (χ3n) is 4.38. The maximum atomic E-state index is 11.4. The number of ketones is 1. The fourth-order valence-electron chi connectivity index (χ4n) is 3.22. The summed E-state index contributed by atoms with van der Waals surface area (Å²) in [4.78, 5) is 14.4. The molecule has 4 heteroatoms. The molecule has 1 N–H and O–H groups in total. The average Bonchev–Trinajstić information content (AvgIpc) is 3.08. The van der Waals surface area contributed by atoms with Crippen LogP contribution in [0.1, 0.15) is 39.7 Å². The van der Waals surface area contributed by atoms with Crippen LogP contribution in [-0.2, 0) is 12.1 Å². The van der Waals surface area contributed by atoms with Crippen molar-refractivity contribution in [3.63, 3.8) is 0 Å². The summed E-state index contributed by atoms with van der Waals surface area (Å²) in [6, 6.07) is 10.0. The van der Waals surface area contributed by atoms with Crippen LogP contribution in [0.4, 0.5) is 0 Å². The molecule has 0 amide bonds. The molecule has 1 saturated heterocycles. The van der Waals surface area contributed by atoms with E-state index >= 15 is 0 Å². The number of thiophene rings is 1. The number of Topliss-reactive ketones (excluding diaryl/α,β-unsaturated/α-hetero) is 1. The van der Waals surface area contributed by atoms with Crippen molar-refractivity contribution in [2.75, 3.05) is 13.1 Å². The van der Waals surface area contributed by atoms with Gasteiger partial charge in [-0.05, 0) is 48.4 Å². The van der Waals surface area contributed by atoms with Crippen LogP contribution in [0, 0.1) is 6.92 Å². The average molecular weight is 315 g/mol. The monoisotopic (exact) mass is 315 g/mol. The van der Waals surface area contributed by atoms with Gasteiger partial charge in [-0.2, -0.15) is 0 Å². The first-order valence-electron chi connectivity index (χ1n) is 7.57. The highest BCUT2D eigenvalue weighted by molar-refractivity contribution is 7.12. The van der Waals surface area contributed by atoms with Crippen molar-refractivity contribution >= 4 is 17.1 Å². The van der Waals surface area contributed by atoms with Crippen LogP contribution in [0.25, 0.3) is 0 Å². The minimum Gasteiger partial charge on any atom is -0.384 e. The Morgan fingerprint density at radius 1 is 1.41 bits per heavy atom. The van der Waals surface area contributed by atoms with E-state index in [-0.39, 0.29) is 5.78 Å². The van der Waals surface area contributed by atoms with Gasteiger partial charge < -0.3 is 5.11 Å². The van der Waals surface area contributed by atoms with Crippen LogP contribution in [0.3, 0.4) is 0 Å². The van der Waals surface area contributed by atoms with E-state index in [4.69, 9.17) is 0 Å². The zero-order valence-electron chi connectivity index (χ0n) is 13.0. The van der Waals surface area contributed by atoms with E-state index in [2.05, 4.69) is 4.90 Å². The number of hydrogen-bond donors (Lipinski definition) is 1. The molecular formula is C18H21NO2S. The van der Waals surface area contributed by atoms with Crippen molar-refractivity contribution < 1.29 is 9.90 Å². The lowest BCUT2D eigenvalue weighted by atomic mass is 9.89. The third kappa shape index (κ3) is 3.00. The molecule has 1 fully saturated rings. The molecule has 3 rings (SSSR count). The zero-order chi connectivity index (χ0) is 15.7. The van der Waals surface area contributed by atoms with Crippen molar-refractivity contribution in [2.45, 2.75) is 32.4 Å². The summed E-state index contributed by atoms with van der Waals surface area (Å²) < 4.78 is 0. The molecule has 22 heavy (non-hydrogen) atoms. The topological polar surface area (TPSA) is 40.5 Å². The van der Waals surface area contributed by atoms with Crippen molar-refractivity contribution in [2.24, 2.45) is 0 Å². The van der Waals surface area contributed by atoms with Crippen LogP contribution in [0.5, 0.6) is 0 Å². The van der Waals surface area contributed by atoms with Gasteiger partial charge >= 0.3 is 0 Å². The Hall–Kier alpha value is -1.49. The van der Waals surface area contributed by atoms with E-state index in [9.17, 15) is 9.90 Å². The molecule has 0 spiro atoms. The molecule has 116 valence electrons. The summed E-state index contributed by atoms with van der Waals surface area (Å²) in [6.45, 7) is 5.95. The number of nitrogens with zero attached hydrogens (tertiary/aromatic N) is 1. The number of benzene rings is 1. The Kier molecular flexibility index (Phi) is 4.17. The molecule has 0 radical (unpaired) electrons. The van der Waals surface area contributed by atoms with Crippen molar-refractivity contribution in [1.29, 1.82) is 0 Å². The largest absolute Gasteiger partial charge is 0.384 e. The van der Waals surface area contributed by atoms with Crippen molar-refractivity contribution in [3.05, 3.63) is 57.3 Å². The fraction of sp³-hybridized carbons (Fsp3) is 0.389. The fourth-order valence-corrected chi connectivity index (χ4v) is 4.03. The number of aryl methyl sites for hydroxylation is 1. The maximum absolute atomic E-state index is 11.4. The van der Waals surface area contributed by atoms with Crippen LogP contribution in [-0.4, -0.2) is 28.9 Å². The van der Waals surface area contributed by atoms with Gasteiger partial charge in [0.25, 0.3) is 0 Å². The van der Waals surface area contributed by atoms with Gasteiger partial charge in [-0.25, -0.2) is 0 Å². The number of carbonyl (C=O) groups excluding carboxylic acids is 1. The van der Waals surface area contributed by atoms with Gasteiger partial charge in [-0.1, -0.05) is 24.3 Å². The summed E-state index contributed by atoms with van der Waals surface area (Å²) in [5.41, 5.74) is 2.57. The van der Waals surface area contributed by atoms with Gasteiger partial charge in [0.1, 0.15) is 5.60 Å². The third-order valence-corrected chi connectivity index (χ3v) is 5.46. The Morgan fingerprint density at radius 3 is 2.86 bits per heavy atom. The van der Waals surface area contributed by atoms with Crippen molar-refractivity contribution in [3.8, 4) is 0 Å². The van der Waals surface area contributed by atoms with E-state index in [1.54, 1.807) is 6.92 Å². The first kappa shape index (κ1) is 15.4. The Balaban J connectivity index is 1.71. The van der Waals surface area contributed by atoms with Crippen molar-refractivity contribution in [1.82, 2.24) is 4.90 Å². The van der Waals surface area contributed by atoms with E-state index < -0.39 is 5.60 Å². The number of aliphatic hydroxyl groups is 1. The van der Waals surface area contributed by atoms with Crippen LogP contribution < -0.4 is 0 Å². The lowest BCUT2D eigenvalue weighted by Crippen LogP contribution is -2.31. The molecule has 0 aliphatic carbocycles. The molecule has 1 aromatic carbocycles. The van der Waals surface area contributed by atoms with Gasteiger partial charge in [0.05, 0.1) is 4.88 Å². The molecule has 1 aliphatic heterocycles. The summed E-state index contributed by atoms with van der Waals surface area (Å²) in [5, 5.41) is 13.0. The number of rotatable bonds is 4. The molecule has 1 aromatic heterocycles. The highest BCUT2D eigenvalue weighted by Gasteiger charge is 2.38. The first-order valence-corrected chi connectivity index (χ1v) is 8.45.